The maximum Gasteiger partial charge on any atom is 0.139 e. The molecule has 0 heterocycles. The molecule has 0 spiro atoms. The molecule has 0 radical (unpaired) electrons. The SMILES string of the molecule is OCCC#Cc1ccc(CSc2ccc(F)cc2F)cc1. The van der Waals surface area contributed by atoms with E-state index in [0.717, 1.165) is 17.2 Å². The molecule has 1 nitrogen and oxygen atoms in total. The fourth-order valence-corrected chi connectivity index (χ4v) is 2.53. The van der Waals surface area contributed by atoms with Crippen molar-refractivity contribution in [1.29, 1.82) is 0 Å². The van der Waals surface area contributed by atoms with Gasteiger partial charge in [0.15, 0.2) is 0 Å². The fourth-order valence-electron chi connectivity index (χ4n) is 1.66. The van der Waals surface area contributed by atoms with Gasteiger partial charge in [-0.15, -0.1) is 11.8 Å². The van der Waals surface area contributed by atoms with E-state index in [4.69, 9.17) is 5.11 Å². The number of benzene rings is 2. The summed E-state index contributed by atoms with van der Waals surface area (Å²) in [4.78, 5) is 0.434. The smallest absolute Gasteiger partial charge is 0.139 e. The first-order valence-corrected chi connectivity index (χ1v) is 7.44. The molecule has 0 aromatic heterocycles. The fraction of sp³-hybridized carbons (Fsp3) is 0.176. The zero-order valence-corrected chi connectivity index (χ0v) is 12.1. The lowest BCUT2D eigenvalue weighted by Crippen LogP contribution is -1.86. The summed E-state index contributed by atoms with van der Waals surface area (Å²) in [7, 11) is 0. The van der Waals surface area contributed by atoms with Gasteiger partial charge in [0.2, 0.25) is 0 Å². The summed E-state index contributed by atoms with van der Waals surface area (Å²) in [5.41, 5.74) is 1.92. The van der Waals surface area contributed by atoms with E-state index in [9.17, 15) is 8.78 Å². The van der Waals surface area contributed by atoms with Crippen LogP contribution in [0.15, 0.2) is 47.4 Å². The predicted molar refractivity (Wildman–Crippen MR) is 80.9 cm³/mol. The molecule has 2 aromatic rings. The van der Waals surface area contributed by atoms with E-state index >= 15 is 0 Å². The van der Waals surface area contributed by atoms with Crippen molar-refractivity contribution in [2.45, 2.75) is 17.1 Å². The van der Waals surface area contributed by atoms with Crippen LogP contribution < -0.4 is 0 Å². The van der Waals surface area contributed by atoms with Crippen LogP contribution in [0.3, 0.4) is 0 Å². The van der Waals surface area contributed by atoms with Gasteiger partial charge < -0.3 is 5.11 Å². The summed E-state index contributed by atoms with van der Waals surface area (Å²) in [5, 5.41) is 8.65. The summed E-state index contributed by atoms with van der Waals surface area (Å²) in [5.74, 6) is 5.30. The van der Waals surface area contributed by atoms with Gasteiger partial charge in [-0.2, -0.15) is 0 Å². The van der Waals surface area contributed by atoms with Gasteiger partial charge in [-0.3, -0.25) is 0 Å². The van der Waals surface area contributed by atoms with Gasteiger partial charge in [0.1, 0.15) is 11.6 Å². The molecule has 108 valence electrons. The number of hydrogen-bond donors (Lipinski definition) is 1. The molecule has 0 aliphatic rings. The van der Waals surface area contributed by atoms with Crippen molar-refractivity contribution in [3.63, 3.8) is 0 Å². The van der Waals surface area contributed by atoms with Crippen molar-refractivity contribution >= 4 is 11.8 Å². The Kier molecular flexibility index (Phi) is 5.79. The predicted octanol–water partition coefficient (Wildman–Crippen LogP) is 3.99. The highest BCUT2D eigenvalue weighted by molar-refractivity contribution is 7.98. The molecule has 2 aromatic carbocycles. The highest BCUT2D eigenvalue weighted by atomic mass is 32.2. The first kappa shape index (κ1) is 15.6. The van der Waals surface area contributed by atoms with Crippen molar-refractivity contribution in [3.8, 4) is 11.8 Å². The summed E-state index contributed by atoms with van der Waals surface area (Å²) in [6.45, 7) is 0.0605. The van der Waals surface area contributed by atoms with Crippen LogP contribution in [0.2, 0.25) is 0 Å². The monoisotopic (exact) mass is 304 g/mol. The summed E-state index contributed by atoms with van der Waals surface area (Å²) in [6, 6.07) is 11.2. The van der Waals surface area contributed by atoms with Gasteiger partial charge in [-0.25, -0.2) is 8.78 Å². The van der Waals surface area contributed by atoms with Gasteiger partial charge in [0, 0.05) is 28.7 Å². The second-order valence-electron chi connectivity index (χ2n) is 4.34. The zero-order valence-electron chi connectivity index (χ0n) is 11.3. The second-order valence-corrected chi connectivity index (χ2v) is 5.35. The van der Waals surface area contributed by atoms with Crippen LogP contribution in [0.1, 0.15) is 17.5 Å². The molecule has 2 rings (SSSR count). The molecule has 0 amide bonds. The Labute approximate surface area is 127 Å². The van der Waals surface area contributed by atoms with Gasteiger partial charge >= 0.3 is 0 Å². The summed E-state index contributed by atoms with van der Waals surface area (Å²) >= 11 is 1.33. The molecule has 4 heteroatoms. The third-order valence-corrected chi connectivity index (χ3v) is 3.83. The average Bonchev–Trinajstić information content (AvgIpc) is 2.48. The van der Waals surface area contributed by atoms with Gasteiger partial charge in [-0.1, -0.05) is 24.0 Å². The maximum atomic E-state index is 13.5. The molecule has 0 saturated heterocycles. The lowest BCUT2D eigenvalue weighted by molar-refractivity contribution is 0.305. The lowest BCUT2D eigenvalue weighted by atomic mass is 10.1. The molecule has 0 fully saturated rings. The minimum atomic E-state index is -0.567. The first-order chi connectivity index (χ1) is 10.2. The molecular formula is C17H14F2OS. The van der Waals surface area contributed by atoms with E-state index in [1.807, 2.05) is 24.3 Å². The highest BCUT2D eigenvalue weighted by Crippen LogP contribution is 2.26. The van der Waals surface area contributed by atoms with Crippen LogP contribution in [0.25, 0.3) is 0 Å². The standard InChI is InChI=1S/C17H14F2OS/c18-15-8-9-17(16(19)11-15)21-12-14-6-4-13(5-7-14)3-1-2-10-20/h4-9,11,20H,2,10,12H2. The van der Waals surface area contributed by atoms with Crippen molar-refractivity contribution in [1.82, 2.24) is 0 Å². The van der Waals surface area contributed by atoms with Crippen molar-refractivity contribution in [2.24, 2.45) is 0 Å². The van der Waals surface area contributed by atoms with Gasteiger partial charge in [0.05, 0.1) is 6.61 Å². The van der Waals surface area contributed by atoms with Crippen molar-refractivity contribution < 1.29 is 13.9 Å². The maximum absolute atomic E-state index is 13.5. The minimum Gasteiger partial charge on any atom is -0.395 e. The van der Waals surface area contributed by atoms with Crippen molar-refractivity contribution in [2.75, 3.05) is 6.61 Å². The largest absolute Gasteiger partial charge is 0.395 e. The molecule has 0 aliphatic heterocycles. The molecule has 0 unspecified atom stereocenters. The molecule has 0 atom stereocenters. The topological polar surface area (TPSA) is 20.2 Å². The van der Waals surface area contributed by atoms with E-state index < -0.39 is 11.6 Å². The molecule has 0 saturated carbocycles. The Balaban J connectivity index is 1.96. The Morgan fingerprint density at radius 2 is 1.81 bits per heavy atom. The third kappa shape index (κ3) is 4.89. The zero-order chi connectivity index (χ0) is 15.1. The molecule has 21 heavy (non-hydrogen) atoms. The normalized spacial score (nSPS) is 10.0. The molecule has 0 aliphatic carbocycles. The Hall–Kier alpha value is -1.83. The van der Waals surface area contributed by atoms with Crippen LogP contribution in [0.4, 0.5) is 8.78 Å². The van der Waals surface area contributed by atoms with Crippen LogP contribution in [0, 0.1) is 23.5 Å². The van der Waals surface area contributed by atoms with E-state index in [1.165, 1.54) is 23.9 Å². The number of aliphatic hydroxyl groups is 1. The van der Waals surface area contributed by atoms with E-state index in [0.29, 0.717) is 17.1 Å². The van der Waals surface area contributed by atoms with Crippen LogP contribution in [-0.2, 0) is 5.75 Å². The van der Waals surface area contributed by atoms with E-state index in [1.54, 1.807) is 0 Å². The van der Waals surface area contributed by atoms with Gasteiger partial charge in [0.25, 0.3) is 0 Å². The third-order valence-electron chi connectivity index (χ3n) is 2.71. The molecule has 0 bridgehead atoms. The van der Waals surface area contributed by atoms with Crippen LogP contribution >= 0.6 is 11.8 Å². The van der Waals surface area contributed by atoms with E-state index in [-0.39, 0.29) is 6.61 Å². The lowest BCUT2D eigenvalue weighted by Gasteiger charge is -2.04. The summed E-state index contributed by atoms with van der Waals surface area (Å²) < 4.78 is 26.3. The minimum absolute atomic E-state index is 0.0605. The highest BCUT2D eigenvalue weighted by Gasteiger charge is 2.04. The van der Waals surface area contributed by atoms with Crippen molar-refractivity contribution in [3.05, 3.63) is 65.2 Å². The van der Waals surface area contributed by atoms with Gasteiger partial charge in [-0.05, 0) is 29.8 Å². The first-order valence-electron chi connectivity index (χ1n) is 6.45. The average molecular weight is 304 g/mol. The Morgan fingerprint density at radius 1 is 1.05 bits per heavy atom. The quantitative estimate of drug-likeness (QED) is 0.681. The number of halogens is 2. The molecular weight excluding hydrogens is 290 g/mol. The molecule has 1 N–H and O–H groups in total. The Bertz CT molecular complexity index is 657. The Morgan fingerprint density at radius 3 is 2.48 bits per heavy atom. The number of aliphatic hydroxyl groups excluding tert-OH is 1. The number of thioether (sulfide) groups is 1. The number of rotatable bonds is 4. The summed E-state index contributed by atoms with van der Waals surface area (Å²) in [6.07, 6.45) is 0.460. The van der Waals surface area contributed by atoms with Crippen LogP contribution in [0.5, 0.6) is 0 Å². The number of hydrogen-bond acceptors (Lipinski definition) is 2. The van der Waals surface area contributed by atoms with Crippen LogP contribution in [-0.4, -0.2) is 11.7 Å². The second kappa shape index (κ2) is 7.82. The van der Waals surface area contributed by atoms with E-state index in [2.05, 4.69) is 11.8 Å².